The molecule has 0 saturated heterocycles. The van der Waals surface area contributed by atoms with Crippen LogP contribution in [0.25, 0.3) is 0 Å². The second kappa shape index (κ2) is 5.85. The third-order valence-electron chi connectivity index (χ3n) is 1.70. The summed E-state index contributed by atoms with van der Waals surface area (Å²) in [6.07, 6.45) is -4.44. The SMILES string of the molecule is CC(C)(CC(N)=O)NC(=O)CNCC(F)(F)F. The van der Waals surface area contributed by atoms with Crippen LogP contribution >= 0.6 is 0 Å². The van der Waals surface area contributed by atoms with Gasteiger partial charge in [0.1, 0.15) is 0 Å². The maximum Gasteiger partial charge on any atom is 0.401 e. The van der Waals surface area contributed by atoms with E-state index in [1.807, 2.05) is 5.32 Å². The summed E-state index contributed by atoms with van der Waals surface area (Å²) in [7, 11) is 0. The van der Waals surface area contributed by atoms with Crippen molar-refractivity contribution < 1.29 is 22.8 Å². The largest absolute Gasteiger partial charge is 0.401 e. The van der Waals surface area contributed by atoms with Crippen LogP contribution in [-0.4, -0.2) is 36.6 Å². The molecule has 100 valence electrons. The Morgan fingerprint density at radius 2 is 1.76 bits per heavy atom. The van der Waals surface area contributed by atoms with Gasteiger partial charge in [-0.25, -0.2) is 0 Å². The monoisotopic (exact) mass is 255 g/mol. The Morgan fingerprint density at radius 3 is 2.18 bits per heavy atom. The minimum atomic E-state index is -4.36. The van der Waals surface area contributed by atoms with Crippen LogP contribution in [0.2, 0.25) is 0 Å². The van der Waals surface area contributed by atoms with Gasteiger partial charge in [-0.15, -0.1) is 0 Å². The molecule has 17 heavy (non-hydrogen) atoms. The number of halogens is 3. The molecule has 0 rings (SSSR count). The van der Waals surface area contributed by atoms with Gasteiger partial charge in [-0.05, 0) is 13.8 Å². The number of hydrogen-bond acceptors (Lipinski definition) is 3. The predicted octanol–water partition coefficient (Wildman–Crippen LogP) is -0.0915. The van der Waals surface area contributed by atoms with Crippen LogP contribution in [0.1, 0.15) is 20.3 Å². The van der Waals surface area contributed by atoms with E-state index < -0.39 is 36.6 Å². The summed E-state index contributed by atoms with van der Waals surface area (Å²) in [4.78, 5) is 21.9. The number of carbonyl (C=O) groups excluding carboxylic acids is 2. The Kier molecular flexibility index (Phi) is 5.40. The van der Waals surface area contributed by atoms with Crippen LogP contribution < -0.4 is 16.4 Å². The Morgan fingerprint density at radius 1 is 1.24 bits per heavy atom. The standard InChI is InChI=1S/C9H16F3N3O2/c1-8(2,3-6(13)16)15-7(17)4-14-5-9(10,11)12/h14H,3-5H2,1-2H3,(H2,13,16)(H,15,17). The van der Waals surface area contributed by atoms with Crippen LogP contribution in [-0.2, 0) is 9.59 Å². The van der Waals surface area contributed by atoms with Crippen molar-refractivity contribution in [1.82, 2.24) is 10.6 Å². The van der Waals surface area contributed by atoms with E-state index in [0.717, 1.165) is 0 Å². The van der Waals surface area contributed by atoms with Gasteiger partial charge in [-0.3, -0.25) is 9.59 Å². The van der Waals surface area contributed by atoms with Crippen LogP contribution in [0.5, 0.6) is 0 Å². The molecule has 0 aromatic rings. The summed E-state index contributed by atoms with van der Waals surface area (Å²) in [6.45, 7) is 1.40. The number of nitrogens with two attached hydrogens (primary N) is 1. The normalized spacial score (nSPS) is 12.3. The van der Waals surface area contributed by atoms with Crippen molar-refractivity contribution in [3.8, 4) is 0 Å². The summed E-state index contributed by atoms with van der Waals surface area (Å²) in [5.41, 5.74) is 4.08. The van der Waals surface area contributed by atoms with Gasteiger partial charge in [-0.2, -0.15) is 13.2 Å². The lowest BCUT2D eigenvalue weighted by atomic mass is 10.0. The number of nitrogens with one attached hydrogen (secondary N) is 2. The smallest absolute Gasteiger partial charge is 0.370 e. The Hall–Kier alpha value is -1.31. The van der Waals surface area contributed by atoms with Gasteiger partial charge in [0.05, 0.1) is 13.1 Å². The number of alkyl halides is 3. The van der Waals surface area contributed by atoms with E-state index in [9.17, 15) is 22.8 Å². The van der Waals surface area contributed by atoms with E-state index in [-0.39, 0.29) is 6.42 Å². The molecule has 0 spiro atoms. The fourth-order valence-corrected chi connectivity index (χ4v) is 1.22. The molecule has 0 fully saturated rings. The van der Waals surface area contributed by atoms with Gasteiger partial charge < -0.3 is 16.4 Å². The Balaban J connectivity index is 3.97. The average molecular weight is 255 g/mol. The lowest BCUT2D eigenvalue weighted by Crippen LogP contribution is -2.49. The molecule has 5 nitrogen and oxygen atoms in total. The van der Waals surface area contributed by atoms with Crippen molar-refractivity contribution in [1.29, 1.82) is 0 Å². The van der Waals surface area contributed by atoms with Crippen molar-refractivity contribution in [3.05, 3.63) is 0 Å². The zero-order valence-corrected chi connectivity index (χ0v) is 9.65. The maximum atomic E-state index is 11.8. The van der Waals surface area contributed by atoms with Crippen molar-refractivity contribution in [3.63, 3.8) is 0 Å². The van der Waals surface area contributed by atoms with Crippen molar-refractivity contribution in [2.75, 3.05) is 13.1 Å². The molecule has 0 radical (unpaired) electrons. The van der Waals surface area contributed by atoms with E-state index >= 15 is 0 Å². The highest BCUT2D eigenvalue weighted by molar-refractivity contribution is 5.81. The summed E-state index contributed by atoms with van der Waals surface area (Å²) < 4.78 is 35.3. The number of hydrogen-bond donors (Lipinski definition) is 3. The predicted molar refractivity (Wildman–Crippen MR) is 55.0 cm³/mol. The molecular weight excluding hydrogens is 239 g/mol. The average Bonchev–Trinajstić information content (AvgIpc) is 1.95. The van der Waals surface area contributed by atoms with E-state index in [1.165, 1.54) is 0 Å². The summed E-state index contributed by atoms with van der Waals surface area (Å²) in [5, 5.41) is 4.35. The van der Waals surface area contributed by atoms with Crippen LogP contribution in [0, 0.1) is 0 Å². The van der Waals surface area contributed by atoms with Crippen LogP contribution in [0.15, 0.2) is 0 Å². The fraction of sp³-hybridized carbons (Fsp3) is 0.778. The fourth-order valence-electron chi connectivity index (χ4n) is 1.22. The molecule has 0 aliphatic carbocycles. The van der Waals surface area contributed by atoms with E-state index in [4.69, 9.17) is 5.73 Å². The maximum absolute atomic E-state index is 11.8. The summed E-state index contributed by atoms with van der Waals surface area (Å²) in [5.74, 6) is -1.22. The molecule has 0 aromatic carbocycles. The van der Waals surface area contributed by atoms with E-state index in [0.29, 0.717) is 0 Å². The molecule has 0 aliphatic heterocycles. The third kappa shape index (κ3) is 9.61. The van der Waals surface area contributed by atoms with Crippen molar-refractivity contribution in [2.24, 2.45) is 5.73 Å². The van der Waals surface area contributed by atoms with Gasteiger partial charge in [0, 0.05) is 12.0 Å². The minimum absolute atomic E-state index is 0.0853. The molecule has 0 aliphatic rings. The first kappa shape index (κ1) is 15.7. The topological polar surface area (TPSA) is 84.2 Å². The molecular formula is C9H16F3N3O2. The van der Waals surface area contributed by atoms with Crippen LogP contribution in [0.4, 0.5) is 13.2 Å². The number of amides is 2. The number of rotatable bonds is 6. The third-order valence-corrected chi connectivity index (χ3v) is 1.70. The van der Waals surface area contributed by atoms with Gasteiger partial charge >= 0.3 is 6.18 Å². The first-order valence-corrected chi connectivity index (χ1v) is 4.89. The minimum Gasteiger partial charge on any atom is -0.370 e. The van der Waals surface area contributed by atoms with Crippen molar-refractivity contribution >= 4 is 11.8 Å². The first-order chi connectivity index (χ1) is 7.52. The van der Waals surface area contributed by atoms with E-state index in [2.05, 4.69) is 5.32 Å². The Bertz CT molecular complexity index is 290. The highest BCUT2D eigenvalue weighted by Crippen LogP contribution is 2.12. The molecule has 2 amide bonds. The molecule has 0 aromatic heterocycles. The van der Waals surface area contributed by atoms with Gasteiger partial charge in [0.2, 0.25) is 11.8 Å². The summed E-state index contributed by atoms with van der Waals surface area (Å²) >= 11 is 0. The zero-order chi connectivity index (χ0) is 13.7. The second-order valence-electron chi connectivity index (χ2n) is 4.29. The molecule has 8 heteroatoms. The lowest BCUT2D eigenvalue weighted by Gasteiger charge is -2.24. The highest BCUT2D eigenvalue weighted by atomic mass is 19.4. The van der Waals surface area contributed by atoms with Gasteiger partial charge in [-0.1, -0.05) is 0 Å². The zero-order valence-electron chi connectivity index (χ0n) is 9.65. The van der Waals surface area contributed by atoms with Crippen LogP contribution in [0.3, 0.4) is 0 Å². The molecule has 4 N–H and O–H groups in total. The van der Waals surface area contributed by atoms with Crippen molar-refractivity contribution in [2.45, 2.75) is 32.0 Å². The molecule has 0 atom stereocenters. The molecule has 0 saturated carbocycles. The molecule has 0 unspecified atom stereocenters. The first-order valence-electron chi connectivity index (χ1n) is 4.89. The van der Waals surface area contributed by atoms with Gasteiger partial charge in [0.25, 0.3) is 0 Å². The number of carbonyl (C=O) groups is 2. The molecule has 0 heterocycles. The molecule has 0 bridgehead atoms. The lowest BCUT2D eigenvalue weighted by molar-refractivity contribution is -0.129. The summed E-state index contributed by atoms with van der Waals surface area (Å²) in [6, 6.07) is 0. The number of primary amides is 1. The van der Waals surface area contributed by atoms with E-state index in [1.54, 1.807) is 13.8 Å². The Labute approximate surface area is 96.9 Å². The second-order valence-corrected chi connectivity index (χ2v) is 4.29. The highest BCUT2D eigenvalue weighted by Gasteiger charge is 2.27. The quantitative estimate of drug-likeness (QED) is 0.620. The van der Waals surface area contributed by atoms with Gasteiger partial charge in [0.15, 0.2) is 0 Å².